The minimum absolute atomic E-state index is 0. The molecule has 1 heterocycles. The molecule has 0 aliphatic carbocycles. The zero-order valence-corrected chi connectivity index (χ0v) is 13.0. The van der Waals surface area contributed by atoms with E-state index in [-0.39, 0.29) is 24.9 Å². The van der Waals surface area contributed by atoms with E-state index in [1.165, 1.54) is 0 Å². The summed E-state index contributed by atoms with van der Waals surface area (Å²) in [7, 11) is 1.93. The van der Waals surface area contributed by atoms with Crippen molar-refractivity contribution in [3.05, 3.63) is 29.3 Å². The number of ether oxygens (including phenoxy) is 1. The number of nitrogens with zero attached hydrogens (tertiary/aromatic N) is 1. The van der Waals surface area contributed by atoms with Gasteiger partial charge in [0.25, 0.3) is 5.91 Å². The van der Waals surface area contributed by atoms with Gasteiger partial charge in [-0.2, -0.15) is 0 Å². The summed E-state index contributed by atoms with van der Waals surface area (Å²) in [4.78, 5) is 13.9. The molecule has 0 aromatic heterocycles. The molecule has 2 rings (SSSR count). The van der Waals surface area contributed by atoms with Crippen LogP contribution in [-0.2, 0) is 4.79 Å². The van der Waals surface area contributed by atoms with Crippen LogP contribution in [0.3, 0.4) is 0 Å². The Bertz CT molecular complexity index is 426. The van der Waals surface area contributed by atoms with Crippen LogP contribution in [0.15, 0.2) is 24.3 Å². The van der Waals surface area contributed by atoms with Crippen LogP contribution < -0.4 is 10.1 Å². The van der Waals surface area contributed by atoms with E-state index < -0.39 is 0 Å². The molecule has 1 atom stereocenters. The second-order valence-corrected chi connectivity index (χ2v) is 5.15. The summed E-state index contributed by atoms with van der Waals surface area (Å²) in [6.07, 6.45) is 2.16. The van der Waals surface area contributed by atoms with Gasteiger partial charge in [-0.25, -0.2) is 0 Å². The summed E-state index contributed by atoms with van der Waals surface area (Å²) in [5.41, 5.74) is 0. The quantitative estimate of drug-likeness (QED) is 0.926. The maximum Gasteiger partial charge on any atom is 0.260 e. The Morgan fingerprint density at radius 3 is 2.80 bits per heavy atom. The number of hydrogen-bond donors (Lipinski definition) is 1. The third-order valence-electron chi connectivity index (χ3n) is 3.36. The molecule has 6 heteroatoms. The Hall–Kier alpha value is -0.970. The molecule has 1 amide bonds. The van der Waals surface area contributed by atoms with Gasteiger partial charge in [0.05, 0.1) is 0 Å². The van der Waals surface area contributed by atoms with E-state index in [2.05, 4.69) is 5.32 Å². The van der Waals surface area contributed by atoms with Crippen LogP contribution in [-0.4, -0.2) is 43.6 Å². The SMILES string of the molecule is CNC1CCCN(C(=O)COc2ccc(Cl)cc2)C1.Cl. The standard InChI is InChI=1S/C14H19ClN2O2.ClH/c1-16-12-3-2-8-17(9-12)14(18)10-19-13-6-4-11(15)5-7-13;/h4-7,12,16H,2-3,8-10H2,1H3;1H. The van der Waals surface area contributed by atoms with Crippen molar-refractivity contribution in [3.8, 4) is 5.75 Å². The van der Waals surface area contributed by atoms with Crippen LogP contribution in [0.5, 0.6) is 5.75 Å². The van der Waals surface area contributed by atoms with Gasteiger partial charge in [0.2, 0.25) is 0 Å². The smallest absolute Gasteiger partial charge is 0.260 e. The first-order valence-corrected chi connectivity index (χ1v) is 6.90. The molecule has 1 aliphatic rings. The molecule has 4 nitrogen and oxygen atoms in total. The van der Waals surface area contributed by atoms with E-state index in [9.17, 15) is 4.79 Å². The maximum atomic E-state index is 12.0. The first-order chi connectivity index (χ1) is 9.19. The van der Waals surface area contributed by atoms with Crippen molar-refractivity contribution in [1.29, 1.82) is 0 Å². The predicted octanol–water partition coefficient (Wildman–Crippen LogP) is 2.35. The van der Waals surface area contributed by atoms with Gasteiger partial charge in [0.1, 0.15) is 5.75 Å². The average Bonchev–Trinajstić information content (AvgIpc) is 2.46. The lowest BCUT2D eigenvalue weighted by molar-refractivity contribution is -0.134. The predicted molar refractivity (Wildman–Crippen MR) is 82.9 cm³/mol. The fraction of sp³-hybridized carbons (Fsp3) is 0.500. The zero-order chi connectivity index (χ0) is 13.7. The molecular formula is C14H20Cl2N2O2. The molecule has 1 unspecified atom stereocenters. The van der Waals surface area contributed by atoms with E-state index in [4.69, 9.17) is 16.3 Å². The van der Waals surface area contributed by atoms with Gasteiger partial charge in [-0.15, -0.1) is 12.4 Å². The second-order valence-electron chi connectivity index (χ2n) is 4.71. The summed E-state index contributed by atoms with van der Waals surface area (Å²) in [6, 6.07) is 7.43. The normalized spacial score (nSPS) is 18.3. The highest BCUT2D eigenvalue weighted by Crippen LogP contribution is 2.16. The van der Waals surface area contributed by atoms with Crippen molar-refractivity contribution in [3.63, 3.8) is 0 Å². The van der Waals surface area contributed by atoms with Crippen molar-refractivity contribution in [2.75, 3.05) is 26.7 Å². The number of halogens is 2. The van der Waals surface area contributed by atoms with Gasteiger partial charge < -0.3 is 15.0 Å². The van der Waals surface area contributed by atoms with E-state index in [0.29, 0.717) is 16.8 Å². The molecule has 1 fully saturated rings. The van der Waals surface area contributed by atoms with Crippen LogP contribution in [0.4, 0.5) is 0 Å². The molecule has 0 bridgehead atoms. The number of benzene rings is 1. The minimum atomic E-state index is 0. The molecule has 0 saturated carbocycles. The van der Waals surface area contributed by atoms with Gasteiger partial charge in [-0.3, -0.25) is 4.79 Å². The third-order valence-corrected chi connectivity index (χ3v) is 3.61. The van der Waals surface area contributed by atoms with Crippen molar-refractivity contribution >= 4 is 29.9 Å². The summed E-state index contributed by atoms with van der Waals surface area (Å²) in [5.74, 6) is 0.704. The van der Waals surface area contributed by atoms with Gasteiger partial charge >= 0.3 is 0 Å². The van der Waals surface area contributed by atoms with Gasteiger partial charge in [-0.05, 0) is 44.2 Å². The lowest BCUT2D eigenvalue weighted by Crippen LogP contribution is -2.48. The summed E-state index contributed by atoms with van der Waals surface area (Å²) >= 11 is 5.79. The number of rotatable bonds is 4. The number of piperidine rings is 1. The molecule has 1 saturated heterocycles. The monoisotopic (exact) mass is 318 g/mol. The van der Waals surface area contributed by atoms with E-state index in [0.717, 1.165) is 25.9 Å². The molecule has 0 spiro atoms. The van der Waals surface area contributed by atoms with E-state index >= 15 is 0 Å². The Morgan fingerprint density at radius 1 is 1.45 bits per heavy atom. The zero-order valence-electron chi connectivity index (χ0n) is 11.5. The highest BCUT2D eigenvalue weighted by atomic mass is 35.5. The Kier molecular flexibility index (Phi) is 7.13. The highest BCUT2D eigenvalue weighted by Gasteiger charge is 2.22. The molecule has 1 aliphatic heterocycles. The van der Waals surface area contributed by atoms with Crippen LogP contribution in [0, 0.1) is 0 Å². The number of carbonyl (C=O) groups excluding carboxylic acids is 1. The van der Waals surface area contributed by atoms with E-state index in [1.54, 1.807) is 24.3 Å². The molecule has 1 aromatic carbocycles. The lowest BCUT2D eigenvalue weighted by Gasteiger charge is -2.32. The Balaban J connectivity index is 0.00000200. The summed E-state index contributed by atoms with van der Waals surface area (Å²) in [5, 5.41) is 3.88. The average molecular weight is 319 g/mol. The number of likely N-dealkylation sites (tertiary alicyclic amines) is 1. The summed E-state index contributed by atoms with van der Waals surface area (Å²) in [6.45, 7) is 1.67. The van der Waals surface area contributed by atoms with Crippen LogP contribution >= 0.6 is 24.0 Å². The van der Waals surface area contributed by atoms with Crippen molar-refractivity contribution in [2.45, 2.75) is 18.9 Å². The molecule has 1 aromatic rings. The largest absolute Gasteiger partial charge is 0.484 e. The highest BCUT2D eigenvalue weighted by molar-refractivity contribution is 6.30. The van der Waals surface area contributed by atoms with Gasteiger partial charge in [-0.1, -0.05) is 11.6 Å². The Labute approximate surface area is 130 Å². The molecule has 1 N–H and O–H groups in total. The number of nitrogens with one attached hydrogen (secondary N) is 1. The molecule has 0 radical (unpaired) electrons. The number of likely N-dealkylation sites (N-methyl/N-ethyl adjacent to an activating group) is 1. The van der Waals surface area contributed by atoms with Crippen molar-refractivity contribution in [2.24, 2.45) is 0 Å². The maximum absolute atomic E-state index is 12.0. The van der Waals surface area contributed by atoms with Crippen LogP contribution in [0.25, 0.3) is 0 Å². The first kappa shape index (κ1) is 17.1. The Morgan fingerprint density at radius 2 is 2.15 bits per heavy atom. The number of amides is 1. The summed E-state index contributed by atoms with van der Waals surface area (Å²) < 4.78 is 5.47. The first-order valence-electron chi connectivity index (χ1n) is 6.52. The molecule has 112 valence electrons. The third kappa shape index (κ3) is 4.85. The van der Waals surface area contributed by atoms with Crippen molar-refractivity contribution in [1.82, 2.24) is 10.2 Å². The lowest BCUT2D eigenvalue weighted by atomic mass is 10.1. The number of carbonyl (C=O) groups is 1. The van der Waals surface area contributed by atoms with Crippen LogP contribution in [0.1, 0.15) is 12.8 Å². The fourth-order valence-electron chi connectivity index (χ4n) is 2.21. The van der Waals surface area contributed by atoms with E-state index in [1.807, 2.05) is 11.9 Å². The minimum Gasteiger partial charge on any atom is -0.484 e. The van der Waals surface area contributed by atoms with Crippen LogP contribution in [0.2, 0.25) is 5.02 Å². The fourth-order valence-corrected chi connectivity index (χ4v) is 2.33. The van der Waals surface area contributed by atoms with Gasteiger partial charge in [0.15, 0.2) is 6.61 Å². The second kappa shape index (κ2) is 8.35. The van der Waals surface area contributed by atoms with Gasteiger partial charge in [0, 0.05) is 24.2 Å². The topological polar surface area (TPSA) is 41.6 Å². The van der Waals surface area contributed by atoms with Crippen molar-refractivity contribution < 1.29 is 9.53 Å². The molecular weight excluding hydrogens is 299 g/mol. The number of hydrogen-bond acceptors (Lipinski definition) is 3. The molecule has 20 heavy (non-hydrogen) atoms.